The van der Waals surface area contributed by atoms with E-state index in [1.165, 1.54) is 0 Å². The average Bonchev–Trinajstić information content (AvgIpc) is 2.77. The summed E-state index contributed by atoms with van der Waals surface area (Å²) in [5.41, 5.74) is 2.02. The van der Waals surface area contributed by atoms with Crippen molar-refractivity contribution in [1.29, 1.82) is 0 Å². The maximum Gasteiger partial charge on any atom is 0.226 e. The van der Waals surface area contributed by atoms with E-state index in [-0.39, 0.29) is 12.5 Å². The predicted octanol–water partition coefficient (Wildman–Crippen LogP) is 3.62. The molecule has 1 aliphatic heterocycles. The van der Waals surface area contributed by atoms with Crippen LogP contribution in [0.4, 0.5) is 0 Å². The molecule has 2 unspecified atom stereocenters. The zero-order chi connectivity index (χ0) is 19.2. The minimum Gasteiger partial charge on any atom is -0.458 e. The molecule has 1 fully saturated rings. The summed E-state index contributed by atoms with van der Waals surface area (Å²) in [6, 6.07) is 18.1. The van der Waals surface area contributed by atoms with E-state index >= 15 is 0 Å². The molecule has 0 amide bonds. The third-order valence-corrected chi connectivity index (χ3v) is 4.88. The molecule has 1 aliphatic rings. The number of fused-ring (bicyclic) bond motifs is 1. The van der Waals surface area contributed by atoms with Crippen LogP contribution < -0.4 is 4.74 Å². The summed E-state index contributed by atoms with van der Waals surface area (Å²) in [5.74, 6) is 0.603. The SMILES string of the molecule is CCC(Oc1ncnc2ccccc12)N1CCOCC1OCc1ccccc1. The maximum atomic E-state index is 6.34. The lowest BCUT2D eigenvalue weighted by molar-refractivity contribution is -0.188. The van der Waals surface area contributed by atoms with Crippen LogP contribution in [0.1, 0.15) is 18.9 Å². The summed E-state index contributed by atoms with van der Waals surface area (Å²) in [6.07, 6.45) is 2.05. The van der Waals surface area contributed by atoms with Crippen molar-refractivity contribution in [2.75, 3.05) is 19.8 Å². The highest BCUT2D eigenvalue weighted by Gasteiger charge is 2.31. The van der Waals surface area contributed by atoms with Gasteiger partial charge in [-0.05, 0) is 24.1 Å². The van der Waals surface area contributed by atoms with Crippen LogP contribution >= 0.6 is 0 Å². The summed E-state index contributed by atoms with van der Waals surface area (Å²) in [7, 11) is 0. The first-order chi connectivity index (χ1) is 13.8. The normalized spacial score (nSPS) is 18.8. The molecule has 4 rings (SSSR count). The van der Waals surface area contributed by atoms with Crippen LogP contribution in [0.5, 0.6) is 5.88 Å². The molecule has 2 heterocycles. The highest BCUT2D eigenvalue weighted by atomic mass is 16.6. The first-order valence-electron chi connectivity index (χ1n) is 9.70. The molecule has 3 aromatic rings. The van der Waals surface area contributed by atoms with Gasteiger partial charge in [-0.1, -0.05) is 49.4 Å². The van der Waals surface area contributed by atoms with Crippen LogP contribution in [0.25, 0.3) is 10.9 Å². The lowest BCUT2D eigenvalue weighted by atomic mass is 10.2. The van der Waals surface area contributed by atoms with Gasteiger partial charge in [0.15, 0.2) is 6.23 Å². The van der Waals surface area contributed by atoms with Crippen LogP contribution in [0.15, 0.2) is 60.9 Å². The zero-order valence-electron chi connectivity index (χ0n) is 16.0. The fraction of sp³-hybridized carbons (Fsp3) is 0.364. The molecule has 28 heavy (non-hydrogen) atoms. The number of rotatable bonds is 7. The second-order valence-corrected chi connectivity index (χ2v) is 6.74. The largest absolute Gasteiger partial charge is 0.458 e. The number of benzene rings is 2. The third-order valence-electron chi connectivity index (χ3n) is 4.88. The number of morpholine rings is 1. The fourth-order valence-electron chi connectivity index (χ4n) is 3.42. The van der Waals surface area contributed by atoms with E-state index in [2.05, 4.69) is 33.9 Å². The Hall–Kier alpha value is -2.54. The monoisotopic (exact) mass is 379 g/mol. The van der Waals surface area contributed by atoms with Gasteiger partial charge in [-0.15, -0.1) is 0 Å². The fourth-order valence-corrected chi connectivity index (χ4v) is 3.42. The van der Waals surface area contributed by atoms with Gasteiger partial charge >= 0.3 is 0 Å². The predicted molar refractivity (Wildman–Crippen MR) is 107 cm³/mol. The number of ether oxygens (including phenoxy) is 3. The summed E-state index contributed by atoms with van der Waals surface area (Å²) >= 11 is 0. The molecule has 6 heteroatoms. The summed E-state index contributed by atoms with van der Waals surface area (Å²) < 4.78 is 18.2. The van der Waals surface area contributed by atoms with E-state index in [1.54, 1.807) is 6.33 Å². The Morgan fingerprint density at radius 1 is 1.11 bits per heavy atom. The Morgan fingerprint density at radius 3 is 2.79 bits per heavy atom. The van der Waals surface area contributed by atoms with Gasteiger partial charge < -0.3 is 14.2 Å². The minimum atomic E-state index is -0.160. The summed E-state index contributed by atoms with van der Waals surface area (Å²) in [6.45, 7) is 4.59. The molecule has 2 aromatic carbocycles. The third kappa shape index (κ3) is 4.30. The van der Waals surface area contributed by atoms with Crippen molar-refractivity contribution in [3.63, 3.8) is 0 Å². The van der Waals surface area contributed by atoms with Crippen LogP contribution in [-0.2, 0) is 16.1 Å². The topological polar surface area (TPSA) is 56.7 Å². The molecular weight excluding hydrogens is 354 g/mol. The highest BCUT2D eigenvalue weighted by molar-refractivity contribution is 5.82. The minimum absolute atomic E-state index is 0.150. The van der Waals surface area contributed by atoms with E-state index in [0.29, 0.717) is 25.7 Å². The first-order valence-corrected chi connectivity index (χ1v) is 9.70. The van der Waals surface area contributed by atoms with Gasteiger partial charge in [0.1, 0.15) is 12.6 Å². The van der Waals surface area contributed by atoms with Gasteiger partial charge in [0.05, 0.1) is 30.7 Å². The van der Waals surface area contributed by atoms with Crippen molar-refractivity contribution in [3.05, 3.63) is 66.5 Å². The molecule has 0 N–H and O–H groups in total. The van der Waals surface area contributed by atoms with Gasteiger partial charge in [-0.3, -0.25) is 0 Å². The van der Waals surface area contributed by atoms with E-state index in [0.717, 1.165) is 29.4 Å². The molecule has 0 bridgehead atoms. The van der Waals surface area contributed by atoms with Gasteiger partial charge in [0.2, 0.25) is 5.88 Å². The van der Waals surface area contributed by atoms with Gasteiger partial charge in [0.25, 0.3) is 0 Å². The summed E-state index contributed by atoms with van der Waals surface area (Å²) in [5, 5.41) is 0.915. The number of aromatic nitrogens is 2. The smallest absolute Gasteiger partial charge is 0.226 e. The second kappa shape index (κ2) is 9.10. The first kappa shape index (κ1) is 18.8. The van der Waals surface area contributed by atoms with E-state index in [4.69, 9.17) is 14.2 Å². The van der Waals surface area contributed by atoms with E-state index in [9.17, 15) is 0 Å². The Kier molecular flexibility index (Phi) is 6.11. The Morgan fingerprint density at radius 2 is 1.93 bits per heavy atom. The van der Waals surface area contributed by atoms with Crippen LogP contribution in [-0.4, -0.2) is 47.1 Å². The van der Waals surface area contributed by atoms with Crippen molar-refractivity contribution in [2.24, 2.45) is 0 Å². The second-order valence-electron chi connectivity index (χ2n) is 6.74. The lowest BCUT2D eigenvalue weighted by Gasteiger charge is -2.39. The van der Waals surface area contributed by atoms with Crippen molar-refractivity contribution >= 4 is 10.9 Å². The van der Waals surface area contributed by atoms with Gasteiger partial charge in [0, 0.05) is 6.54 Å². The molecule has 0 aliphatic carbocycles. The molecule has 146 valence electrons. The maximum absolute atomic E-state index is 6.34. The van der Waals surface area contributed by atoms with Crippen molar-refractivity contribution in [3.8, 4) is 5.88 Å². The molecule has 0 spiro atoms. The molecule has 0 radical (unpaired) electrons. The Bertz CT molecular complexity index is 885. The van der Waals surface area contributed by atoms with Gasteiger partial charge in [-0.25, -0.2) is 14.9 Å². The van der Waals surface area contributed by atoms with Crippen LogP contribution in [0, 0.1) is 0 Å². The Labute approximate surface area is 165 Å². The van der Waals surface area contributed by atoms with Crippen molar-refractivity contribution in [2.45, 2.75) is 32.4 Å². The number of nitrogens with zero attached hydrogens (tertiary/aromatic N) is 3. The van der Waals surface area contributed by atoms with Crippen molar-refractivity contribution in [1.82, 2.24) is 14.9 Å². The lowest BCUT2D eigenvalue weighted by Crippen LogP contribution is -2.53. The number of hydrogen-bond donors (Lipinski definition) is 0. The van der Waals surface area contributed by atoms with Gasteiger partial charge in [-0.2, -0.15) is 0 Å². The summed E-state index contributed by atoms with van der Waals surface area (Å²) in [4.78, 5) is 10.9. The van der Waals surface area contributed by atoms with Crippen LogP contribution in [0.2, 0.25) is 0 Å². The zero-order valence-corrected chi connectivity index (χ0v) is 16.0. The Balaban J connectivity index is 1.50. The van der Waals surface area contributed by atoms with Crippen LogP contribution in [0.3, 0.4) is 0 Å². The number of hydrogen-bond acceptors (Lipinski definition) is 6. The quantitative estimate of drug-likeness (QED) is 0.625. The molecular formula is C22H25N3O3. The molecule has 2 atom stereocenters. The molecule has 0 saturated carbocycles. The number of para-hydroxylation sites is 1. The van der Waals surface area contributed by atoms with Crippen molar-refractivity contribution < 1.29 is 14.2 Å². The molecule has 1 saturated heterocycles. The standard InChI is InChI=1S/C22H25N3O3/c1-2-20(28-22-18-10-6-7-11-19(18)23-16-24-22)25-12-13-26-15-21(25)27-14-17-8-4-3-5-9-17/h3-11,16,20-21H,2,12-15H2,1H3. The molecule has 6 nitrogen and oxygen atoms in total. The van der Waals surface area contributed by atoms with E-state index in [1.807, 2.05) is 42.5 Å². The molecule has 1 aromatic heterocycles. The average molecular weight is 379 g/mol. The van der Waals surface area contributed by atoms with E-state index < -0.39 is 0 Å². The highest BCUT2D eigenvalue weighted by Crippen LogP contribution is 2.25.